The third kappa shape index (κ3) is 4.53. The van der Waals surface area contributed by atoms with Crippen LogP contribution in [0, 0.1) is 22.0 Å². The molecule has 1 aliphatic carbocycles. The van der Waals surface area contributed by atoms with E-state index in [1.807, 2.05) is 0 Å². The molecule has 1 N–H and O–H groups in total. The second-order valence-corrected chi connectivity index (χ2v) is 6.32. The average molecular weight is 334 g/mol. The van der Waals surface area contributed by atoms with Crippen LogP contribution in [0.5, 0.6) is 0 Å². The first-order valence-corrected chi connectivity index (χ1v) is 8.09. The second kappa shape index (κ2) is 7.90. The number of non-ortho nitro benzene ring substituents is 1. The molecule has 0 heterocycles. The highest BCUT2D eigenvalue weighted by molar-refractivity contribution is 5.91. The molecule has 1 aromatic rings. The Balaban J connectivity index is 1.82. The normalized spacial score (nSPS) is 23.3. The Hall–Kier alpha value is -2.44. The fourth-order valence-corrected chi connectivity index (χ4v) is 2.97. The van der Waals surface area contributed by atoms with Crippen molar-refractivity contribution in [3.05, 3.63) is 39.9 Å². The van der Waals surface area contributed by atoms with Gasteiger partial charge in [0.25, 0.3) is 11.6 Å². The predicted molar refractivity (Wildman–Crippen MR) is 87.5 cm³/mol. The maximum Gasteiger partial charge on any atom is 0.338 e. The standard InChI is InChI=1S/C17H22N2O5/c1-11-4-3-5-15(12(11)2)18-16(20)10-24-17(21)13-6-8-14(9-7-13)19(22)23/h6-9,11-12,15H,3-5,10H2,1-2H3,(H,18,20)/t11-,12-,15+/m1/s1. The van der Waals surface area contributed by atoms with Gasteiger partial charge in [-0.1, -0.05) is 26.7 Å². The van der Waals surface area contributed by atoms with Crippen LogP contribution >= 0.6 is 0 Å². The van der Waals surface area contributed by atoms with Crippen LogP contribution < -0.4 is 5.32 Å². The highest BCUT2D eigenvalue weighted by Crippen LogP contribution is 2.29. The summed E-state index contributed by atoms with van der Waals surface area (Å²) in [6.07, 6.45) is 3.19. The second-order valence-electron chi connectivity index (χ2n) is 6.32. The van der Waals surface area contributed by atoms with Crippen molar-refractivity contribution in [3.63, 3.8) is 0 Å². The molecular weight excluding hydrogens is 312 g/mol. The lowest BCUT2D eigenvalue weighted by atomic mass is 9.78. The van der Waals surface area contributed by atoms with Crippen LogP contribution in [0.1, 0.15) is 43.5 Å². The molecule has 1 amide bonds. The number of esters is 1. The molecule has 0 saturated heterocycles. The van der Waals surface area contributed by atoms with Gasteiger partial charge in [-0.05, 0) is 30.4 Å². The quantitative estimate of drug-likeness (QED) is 0.507. The number of amides is 1. The topological polar surface area (TPSA) is 98.5 Å². The molecule has 24 heavy (non-hydrogen) atoms. The molecule has 0 unspecified atom stereocenters. The number of carbonyl (C=O) groups is 2. The Kier molecular flexibility index (Phi) is 5.89. The third-order valence-corrected chi connectivity index (χ3v) is 4.70. The summed E-state index contributed by atoms with van der Waals surface area (Å²) in [5, 5.41) is 13.5. The van der Waals surface area contributed by atoms with Crippen molar-refractivity contribution in [2.45, 2.75) is 39.2 Å². The minimum Gasteiger partial charge on any atom is -0.452 e. The van der Waals surface area contributed by atoms with E-state index in [0.29, 0.717) is 11.8 Å². The number of ether oxygens (including phenoxy) is 1. The number of rotatable bonds is 5. The van der Waals surface area contributed by atoms with E-state index < -0.39 is 10.9 Å². The monoisotopic (exact) mass is 334 g/mol. The lowest BCUT2D eigenvalue weighted by Gasteiger charge is -2.34. The molecule has 0 bridgehead atoms. The summed E-state index contributed by atoms with van der Waals surface area (Å²) in [4.78, 5) is 33.9. The molecule has 7 nitrogen and oxygen atoms in total. The lowest BCUT2D eigenvalue weighted by Crippen LogP contribution is -2.45. The largest absolute Gasteiger partial charge is 0.452 e. The SMILES string of the molecule is C[C@@H]1[C@H](C)CCC[C@@H]1NC(=O)COC(=O)c1ccc([N+](=O)[O-])cc1. The van der Waals surface area contributed by atoms with Crippen LogP contribution in [0.3, 0.4) is 0 Å². The molecule has 1 saturated carbocycles. The van der Waals surface area contributed by atoms with Crippen molar-refractivity contribution in [2.24, 2.45) is 11.8 Å². The molecule has 1 aromatic carbocycles. The van der Waals surface area contributed by atoms with Crippen LogP contribution in [-0.2, 0) is 9.53 Å². The van der Waals surface area contributed by atoms with E-state index >= 15 is 0 Å². The molecule has 1 fully saturated rings. The number of benzene rings is 1. The van der Waals surface area contributed by atoms with Gasteiger partial charge in [0.1, 0.15) is 0 Å². The van der Waals surface area contributed by atoms with Gasteiger partial charge < -0.3 is 10.1 Å². The van der Waals surface area contributed by atoms with Crippen molar-refractivity contribution in [1.82, 2.24) is 5.32 Å². The Labute approximate surface area is 140 Å². The molecule has 0 aliphatic heterocycles. The van der Waals surface area contributed by atoms with Gasteiger partial charge in [-0.3, -0.25) is 14.9 Å². The van der Waals surface area contributed by atoms with E-state index in [1.54, 1.807) is 0 Å². The van der Waals surface area contributed by atoms with Gasteiger partial charge >= 0.3 is 5.97 Å². The van der Waals surface area contributed by atoms with E-state index in [9.17, 15) is 19.7 Å². The maximum atomic E-state index is 12.0. The van der Waals surface area contributed by atoms with E-state index in [0.717, 1.165) is 12.8 Å². The van der Waals surface area contributed by atoms with Gasteiger partial charge in [-0.2, -0.15) is 0 Å². The molecular formula is C17H22N2O5. The number of nitro benzene ring substituents is 1. The van der Waals surface area contributed by atoms with Crippen molar-refractivity contribution in [3.8, 4) is 0 Å². The van der Waals surface area contributed by atoms with Crippen LogP contribution in [-0.4, -0.2) is 29.4 Å². The van der Waals surface area contributed by atoms with Gasteiger partial charge in [-0.25, -0.2) is 4.79 Å². The van der Waals surface area contributed by atoms with Gasteiger partial charge in [-0.15, -0.1) is 0 Å². The first-order chi connectivity index (χ1) is 11.4. The fourth-order valence-electron chi connectivity index (χ4n) is 2.97. The van der Waals surface area contributed by atoms with Crippen molar-refractivity contribution >= 4 is 17.6 Å². The Morgan fingerprint density at radius 3 is 2.54 bits per heavy atom. The first kappa shape index (κ1) is 17.9. The van der Waals surface area contributed by atoms with Gasteiger partial charge in [0.05, 0.1) is 10.5 Å². The number of nitro groups is 1. The Bertz CT molecular complexity index is 614. The number of hydrogen-bond donors (Lipinski definition) is 1. The number of nitrogens with one attached hydrogen (secondary N) is 1. The molecule has 3 atom stereocenters. The van der Waals surface area contributed by atoms with Gasteiger partial charge in [0.2, 0.25) is 0 Å². The summed E-state index contributed by atoms with van der Waals surface area (Å²) in [6, 6.07) is 5.18. The maximum absolute atomic E-state index is 12.0. The zero-order chi connectivity index (χ0) is 17.7. The van der Waals surface area contributed by atoms with Crippen molar-refractivity contribution < 1.29 is 19.2 Å². The molecule has 0 spiro atoms. The van der Waals surface area contributed by atoms with Crippen LogP contribution in [0.25, 0.3) is 0 Å². The summed E-state index contributed by atoms with van der Waals surface area (Å²) in [6.45, 7) is 3.95. The molecule has 2 rings (SSSR count). The summed E-state index contributed by atoms with van der Waals surface area (Å²) in [5.74, 6) is -0.0406. The highest BCUT2D eigenvalue weighted by Gasteiger charge is 2.28. The summed E-state index contributed by atoms with van der Waals surface area (Å²) in [7, 11) is 0. The van der Waals surface area contributed by atoms with E-state index in [-0.39, 0.29) is 29.8 Å². The minimum atomic E-state index is -0.676. The third-order valence-electron chi connectivity index (χ3n) is 4.70. The Morgan fingerprint density at radius 2 is 1.92 bits per heavy atom. The van der Waals surface area contributed by atoms with Crippen LogP contribution in [0.4, 0.5) is 5.69 Å². The van der Waals surface area contributed by atoms with Crippen molar-refractivity contribution in [1.29, 1.82) is 0 Å². The molecule has 0 radical (unpaired) electrons. The lowest BCUT2D eigenvalue weighted by molar-refractivity contribution is -0.384. The summed E-state index contributed by atoms with van der Waals surface area (Å²) in [5.41, 5.74) is 0.0674. The average Bonchev–Trinajstić information content (AvgIpc) is 2.57. The minimum absolute atomic E-state index is 0.107. The number of carbonyl (C=O) groups excluding carboxylic acids is 2. The van der Waals surface area contributed by atoms with Gasteiger partial charge in [0, 0.05) is 18.2 Å². The zero-order valence-electron chi connectivity index (χ0n) is 13.9. The first-order valence-electron chi connectivity index (χ1n) is 8.09. The Morgan fingerprint density at radius 1 is 1.25 bits per heavy atom. The number of nitrogens with zero attached hydrogens (tertiary/aromatic N) is 1. The smallest absolute Gasteiger partial charge is 0.338 e. The number of hydrogen-bond acceptors (Lipinski definition) is 5. The van der Waals surface area contributed by atoms with E-state index in [4.69, 9.17) is 4.74 Å². The van der Waals surface area contributed by atoms with Crippen LogP contribution in [0.2, 0.25) is 0 Å². The molecule has 1 aliphatic rings. The van der Waals surface area contributed by atoms with Crippen LogP contribution in [0.15, 0.2) is 24.3 Å². The summed E-state index contributed by atoms with van der Waals surface area (Å²) >= 11 is 0. The molecule has 130 valence electrons. The van der Waals surface area contributed by atoms with E-state index in [1.165, 1.54) is 30.7 Å². The fraction of sp³-hybridized carbons (Fsp3) is 0.529. The van der Waals surface area contributed by atoms with E-state index in [2.05, 4.69) is 19.2 Å². The molecule has 0 aromatic heterocycles. The summed E-state index contributed by atoms with van der Waals surface area (Å²) < 4.78 is 4.97. The predicted octanol–water partition coefficient (Wildman–Crippen LogP) is 2.69. The molecule has 7 heteroatoms. The van der Waals surface area contributed by atoms with Gasteiger partial charge in [0.15, 0.2) is 6.61 Å². The highest BCUT2D eigenvalue weighted by atomic mass is 16.6. The zero-order valence-corrected chi connectivity index (χ0v) is 13.9. The van der Waals surface area contributed by atoms with Crippen molar-refractivity contribution in [2.75, 3.05) is 6.61 Å².